The minimum absolute atomic E-state index is 0.152. The van der Waals surface area contributed by atoms with Gasteiger partial charge in [0.25, 0.3) is 0 Å². The number of benzene rings is 1. The molecule has 0 aliphatic carbocycles. The first-order chi connectivity index (χ1) is 7.18. The number of phenolic OH excluding ortho intramolecular Hbond substituents is 2. The van der Waals surface area contributed by atoms with Gasteiger partial charge in [0.2, 0.25) is 5.78 Å². The average molecular weight is 220 g/mol. The highest BCUT2D eigenvalue weighted by Crippen LogP contribution is 2.26. The lowest BCUT2D eigenvalue weighted by Gasteiger charge is -2.00. The van der Waals surface area contributed by atoms with Crippen LogP contribution in [0.15, 0.2) is 35.7 Å². The molecule has 0 spiro atoms. The lowest BCUT2D eigenvalue weighted by atomic mass is 10.1. The van der Waals surface area contributed by atoms with Crippen LogP contribution in [0.1, 0.15) is 15.2 Å². The van der Waals surface area contributed by atoms with Crippen LogP contribution >= 0.6 is 11.3 Å². The molecule has 0 atom stereocenters. The molecule has 15 heavy (non-hydrogen) atoms. The molecule has 1 aromatic carbocycles. The summed E-state index contributed by atoms with van der Waals surface area (Å²) in [6.45, 7) is 0. The SMILES string of the molecule is O=C(c1ccc(O)c(O)c1)c1cccs1. The zero-order chi connectivity index (χ0) is 10.8. The molecule has 2 rings (SSSR count). The summed E-state index contributed by atoms with van der Waals surface area (Å²) in [6.07, 6.45) is 0. The Hall–Kier alpha value is -1.81. The summed E-state index contributed by atoms with van der Waals surface area (Å²) in [6, 6.07) is 7.56. The second-order valence-electron chi connectivity index (χ2n) is 3.01. The summed E-state index contributed by atoms with van der Waals surface area (Å²) < 4.78 is 0. The Morgan fingerprint density at radius 1 is 1.13 bits per heavy atom. The van der Waals surface area contributed by atoms with E-state index >= 15 is 0 Å². The van der Waals surface area contributed by atoms with Crippen molar-refractivity contribution in [2.45, 2.75) is 0 Å². The van der Waals surface area contributed by atoms with E-state index in [2.05, 4.69) is 0 Å². The quantitative estimate of drug-likeness (QED) is 0.603. The second kappa shape index (κ2) is 3.74. The third-order valence-corrected chi connectivity index (χ3v) is 2.85. The molecule has 2 aromatic rings. The first kappa shape index (κ1) is 9.73. The Kier molecular flexibility index (Phi) is 2.43. The zero-order valence-electron chi connectivity index (χ0n) is 7.68. The van der Waals surface area contributed by atoms with Gasteiger partial charge >= 0.3 is 0 Å². The molecule has 1 aromatic heterocycles. The van der Waals surface area contributed by atoms with Crippen molar-refractivity contribution in [2.24, 2.45) is 0 Å². The van der Waals surface area contributed by atoms with Crippen LogP contribution < -0.4 is 0 Å². The van der Waals surface area contributed by atoms with E-state index in [0.29, 0.717) is 10.4 Å². The summed E-state index contributed by atoms with van der Waals surface area (Å²) in [4.78, 5) is 12.4. The number of carbonyl (C=O) groups is 1. The van der Waals surface area contributed by atoms with Gasteiger partial charge in [-0.1, -0.05) is 6.07 Å². The van der Waals surface area contributed by atoms with Crippen molar-refractivity contribution in [1.82, 2.24) is 0 Å². The summed E-state index contributed by atoms with van der Waals surface area (Å²) in [5.74, 6) is -0.657. The highest BCUT2D eigenvalue weighted by molar-refractivity contribution is 7.12. The second-order valence-corrected chi connectivity index (χ2v) is 3.96. The van der Waals surface area contributed by atoms with Crippen LogP contribution in [0.4, 0.5) is 0 Å². The van der Waals surface area contributed by atoms with E-state index < -0.39 is 0 Å². The van der Waals surface area contributed by atoms with Crippen LogP contribution in [0.3, 0.4) is 0 Å². The fraction of sp³-hybridized carbons (Fsp3) is 0. The molecule has 2 N–H and O–H groups in total. The maximum absolute atomic E-state index is 11.8. The Morgan fingerprint density at radius 2 is 1.93 bits per heavy atom. The minimum atomic E-state index is -0.280. The van der Waals surface area contributed by atoms with E-state index in [1.54, 1.807) is 12.1 Å². The maximum atomic E-state index is 11.8. The van der Waals surface area contributed by atoms with Gasteiger partial charge in [-0.15, -0.1) is 11.3 Å². The van der Waals surface area contributed by atoms with Crippen molar-refractivity contribution in [2.75, 3.05) is 0 Å². The summed E-state index contributed by atoms with van der Waals surface area (Å²) in [7, 11) is 0. The molecule has 76 valence electrons. The van der Waals surface area contributed by atoms with Gasteiger partial charge in [-0.25, -0.2) is 0 Å². The van der Waals surface area contributed by atoms with E-state index in [9.17, 15) is 9.90 Å². The maximum Gasteiger partial charge on any atom is 0.203 e. The van der Waals surface area contributed by atoms with Crippen LogP contribution in [-0.2, 0) is 0 Å². The third kappa shape index (κ3) is 1.85. The fourth-order valence-electron chi connectivity index (χ4n) is 1.21. The molecule has 0 bridgehead atoms. The average Bonchev–Trinajstić information content (AvgIpc) is 2.74. The number of carbonyl (C=O) groups excluding carboxylic acids is 1. The monoisotopic (exact) mass is 220 g/mol. The molecular weight excluding hydrogens is 212 g/mol. The fourth-order valence-corrected chi connectivity index (χ4v) is 1.90. The molecule has 4 heteroatoms. The Bertz CT molecular complexity index is 489. The lowest BCUT2D eigenvalue weighted by molar-refractivity contribution is 0.104. The first-order valence-electron chi connectivity index (χ1n) is 4.28. The third-order valence-electron chi connectivity index (χ3n) is 1.98. The Labute approximate surface area is 90.2 Å². The van der Waals surface area contributed by atoms with Crippen LogP contribution in [0.2, 0.25) is 0 Å². The van der Waals surface area contributed by atoms with E-state index in [-0.39, 0.29) is 17.3 Å². The van der Waals surface area contributed by atoms with E-state index in [1.807, 2.05) is 5.38 Å². The van der Waals surface area contributed by atoms with Crippen LogP contribution in [-0.4, -0.2) is 16.0 Å². The summed E-state index contributed by atoms with van der Waals surface area (Å²) in [5, 5.41) is 20.2. The summed E-state index contributed by atoms with van der Waals surface area (Å²) >= 11 is 1.34. The van der Waals surface area contributed by atoms with Crippen molar-refractivity contribution in [3.8, 4) is 11.5 Å². The smallest absolute Gasteiger partial charge is 0.203 e. The normalized spacial score (nSPS) is 10.1. The lowest BCUT2D eigenvalue weighted by Crippen LogP contribution is -1.97. The first-order valence-corrected chi connectivity index (χ1v) is 5.16. The highest BCUT2D eigenvalue weighted by atomic mass is 32.1. The molecule has 0 amide bonds. The van der Waals surface area contributed by atoms with Gasteiger partial charge in [-0.05, 0) is 29.6 Å². The predicted molar refractivity (Wildman–Crippen MR) is 57.5 cm³/mol. The van der Waals surface area contributed by atoms with Crippen molar-refractivity contribution in [3.63, 3.8) is 0 Å². The van der Waals surface area contributed by atoms with Crippen molar-refractivity contribution < 1.29 is 15.0 Å². The molecule has 0 saturated carbocycles. The zero-order valence-corrected chi connectivity index (χ0v) is 8.49. The Balaban J connectivity index is 2.39. The number of hydrogen-bond donors (Lipinski definition) is 2. The molecule has 0 fully saturated rings. The molecule has 0 aliphatic heterocycles. The summed E-state index contributed by atoms with van der Waals surface area (Å²) in [5.41, 5.74) is 0.368. The van der Waals surface area contributed by atoms with Gasteiger partial charge in [-0.3, -0.25) is 4.79 Å². The Morgan fingerprint density at radius 3 is 2.53 bits per heavy atom. The van der Waals surface area contributed by atoms with E-state index in [0.717, 1.165) is 0 Å². The largest absolute Gasteiger partial charge is 0.504 e. The molecule has 3 nitrogen and oxygen atoms in total. The molecule has 0 unspecified atom stereocenters. The van der Waals surface area contributed by atoms with Gasteiger partial charge in [-0.2, -0.15) is 0 Å². The number of aromatic hydroxyl groups is 2. The number of ketones is 1. The molecule has 0 radical (unpaired) electrons. The van der Waals surface area contributed by atoms with Crippen molar-refractivity contribution in [3.05, 3.63) is 46.2 Å². The topological polar surface area (TPSA) is 57.5 Å². The molecule has 0 aliphatic rings. The van der Waals surface area contributed by atoms with Crippen LogP contribution in [0.25, 0.3) is 0 Å². The van der Waals surface area contributed by atoms with E-state index in [4.69, 9.17) is 5.11 Å². The number of phenols is 2. The van der Waals surface area contributed by atoms with Gasteiger partial charge in [0.1, 0.15) is 0 Å². The van der Waals surface area contributed by atoms with Gasteiger partial charge in [0.05, 0.1) is 4.88 Å². The molecule has 1 heterocycles. The number of rotatable bonds is 2. The minimum Gasteiger partial charge on any atom is -0.504 e. The predicted octanol–water partition coefficient (Wildman–Crippen LogP) is 2.39. The number of thiophene rings is 1. The van der Waals surface area contributed by atoms with Crippen molar-refractivity contribution in [1.29, 1.82) is 0 Å². The highest BCUT2D eigenvalue weighted by Gasteiger charge is 2.11. The van der Waals surface area contributed by atoms with Crippen LogP contribution in [0, 0.1) is 0 Å². The van der Waals surface area contributed by atoms with E-state index in [1.165, 1.54) is 29.5 Å². The van der Waals surface area contributed by atoms with Gasteiger partial charge in [0, 0.05) is 5.56 Å². The van der Waals surface area contributed by atoms with Crippen molar-refractivity contribution >= 4 is 17.1 Å². The van der Waals surface area contributed by atoms with Gasteiger partial charge in [0.15, 0.2) is 11.5 Å². The molecular formula is C11H8O3S. The number of hydrogen-bond acceptors (Lipinski definition) is 4. The molecule has 0 saturated heterocycles. The van der Waals surface area contributed by atoms with Gasteiger partial charge < -0.3 is 10.2 Å². The standard InChI is InChI=1S/C11H8O3S/c12-8-4-3-7(6-9(8)13)11(14)10-2-1-5-15-10/h1-6,12-13H. The van der Waals surface area contributed by atoms with Crippen LogP contribution in [0.5, 0.6) is 11.5 Å².